The molecule has 0 fully saturated rings. The molecule has 0 aliphatic rings. The Bertz CT molecular complexity index is 612. The summed E-state index contributed by atoms with van der Waals surface area (Å²) in [5.74, 6) is -0.663. The third kappa shape index (κ3) is 3.56. The highest BCUT2D eigenvalue weighted by atomic mass is 35.5. The number of phenols is 1. The number of hydrazone groups is 1. The summed E-state index contributed by atoms with van der Waals surface area (Å²) in [5, 5.41) is 13.7. The van der Waals surface area contributed by atoms with Gasteiger partial charge in [0.15, 0.2) is 0 Å². The molecule has 0 aliphatic carbocycles. The normalized spacial score (nSPS) is 10.6. The maximum Gasteiger partial charge on any atom is 0.275 e. The van der Waals surface area contributed by atoms with Gasteiger partial charge in [0, 0.05) is 5.02 Å². The van der Waals surface area contributed by atoms with Gasteiger partial charge in [0.2, 0.25) is 0 Å². The Labute approximate surface area is 115 Å². The van der Waals surface area contributed by atoms with Crippen LogP contribution in [-0.4, -0.2) is 17.2 Å². The van der Waals surface area contributed by atoms with Crippen LogP contribution in [-0.2, 0) is 0 Å². The topological polar surface area (TPSA) is 61.7 Å². The second-order valence-electron chi connectivity index (χ2n) is 3.77. The minimum atomic E-state index is -0.521. The molecule has 2 N–H and O–H groups in total. The monoisotopic (exact) mass is 274 g/mol. The molecule has 0 bridgehead atoms. The SMILES string of the molecule is O=C(NN=Cc1ccccc1)c1cc(Cl)ccc1O. The molecule has 1 amide bonds. The Morgan fingerprint density at radius 3 is 2.68 bits per heavy atom. The summed E-state index contributed by atoms with van der Waals surface area (Å²) in [4.78, 5) is 11.8. The fourth-order valence-electron chi connectivity index (χ4n) is 1.45. The number of hydrogen-bond donors (Lipinski definition) is 2. The maximum absolute atomic E-state index is 11.8. The molecule has 0 saturated carbocycles. The van der Waals surface area contributed by atoms with Crippen molar-refractivity contribution >= 4 is 23.7 Å². The van der Waals surface area contributed by atoms with E-state index in [0.717, 1.165) is 5.56 Å². The van der Waals surface area contributed by atoms with Crippen LogP contribution in [0.1, 0.15) is 15.9 Å². The van der Waals surface area contributed by atoms with Crippen LogP contribution in [0.25, 0.3) is 0 Å². The zero-order valence-corrected chi connectivity index (χ0v) is 10.6. The molecule has 0 aliphatic heterocycles. The van der Waals surface area contributed by atoms with Crippen molar-refractivity contribution in [2.75, 3.05) is 0 Å². The van der Waals surface area contributed by atoms with Crippen molar-refractivity contribution in [1.29, 1.82) is 0 Å². The highest BCUT2D eigenvalue weighted by Crippen LogP contribution is 2.21. The number of halogens is 1. The van der Waals surface area contributed by atoms with Crippen molar-refractivity contribution in [3.05, 3.63) is 64.7 Å². The van der Waals surface area contributed by atoms with E-state index in [2.05, 4.69) is 10.5 Å². The van der Waals surface area contributed by atoms with Crippen molar-refractivity contribution in [3.8, 4) is 5.75 Å². The van der Waals surface area contributed by atoms with E-state index in [4.69, 9.17) is 11.6 Å². The third-order valence-corrected chi connectivity index (χ3v) is 2.62. The smallest absolute Gasteiger partial charge is 0.275 e. The van der Waals surface area contributed by atoms with Gasteiger partial charge in [-0.15, -0.1) is 0 Å². The molecule has 0 radical (unpaired) electrons. The number of phenolic OH excluding ortho intramolecular Hbond substituents is 1. The number of nitrogens with zero attached hydrogens (tertiary/aromatic N) is 1. The third-order valence-electron chi connectivity index (χ3n) is 2.38. The quantitative estimate of drug-likeness (QED) is 0.668. The molecule has 0 aromatic heterocycles. The van der Waals surface area contributed by atoms with Crippen molar-refractivity contribution in [1.82, 2.24) is 5.43 Å². The minimum Gasteiger partial charge on any atom is -0.507 e. The molecule has 5 heteroatoms. The second-order valence-corrected chi connectivity index (χ2v) is 4.21. The number of carbonyl (C=O) groups is 1. The van der Waals surface area contributed by atoms with Crippen LogP contribution in [0.3, 0.4) is 0 Å². The summed E-state index contributed by atoms with van der Waals surface area (Å²) in [6.07, 6.45) is 1.51. The fraction of sp³-hybridized carbons (Fsp3) is 0. The van der Waals surface area contributed by atoms with Gasteiger partial charge in [0.25, 0.3) is 5.91 Å². The van der Waals surface area contributed by atoms with Crippen LogP contribution >= 0.6 is 11.6 Å². The van der Waals surface area contributed by atoms with Gasteiger partial charge in [-0.3, -0.25) is 4.79 Å². The first-order valence-electron chi connectivity index (χ1n) is 5.54. The van der Waals surface area contributed by atoms with Crippen LogP contribution < -0.4 is 5.43 Å². The summed E-state index contributed by atoms with van der Waals surface area (Å²) in [5.41, 5.74) is 3.27. The summed E-state index contributed by atoms with van der Waals surface area (Å²) < 4.78 is 0. The van der Waals surface area contributed by atoms with E-state index in [1.807, 2.05) is 30.3 Å². The summed E-state index contributed by atoms with van der Waals surface area (Å²) in [6, 6.07) is 13.6. The number of amides is 1. The van der Waals surface area contributed by atoms with E-state index in [-0.39, 0.29) is 11.3 Å². The summed E-state index contributed by atoms with van der Waals surface area (Å²) in [6.45, 7) is 0. The van der Waals surface area contributed by atoms with Gasteiger partial charge < -0.3 is 5.11 Å². The second kappa shape index (κ2) is 6.02. The van der Waals surface area contributed by atoms with E-state index in [0.29, 0.717) is 5.02 Å². The van der Waals surface area contributed by atoms with Crippen LogP contribution in [0.4, 0.5) is 0 Å². The predicted molar refractivity (Wildman–Crippen MR) is 74.6 cm³/mol. The molecular weight excluding hydrogens is 264 g/mol. The molecule has 0 unspecified atom stereocenters. The number of rotatable bonds is 3. The van der Waals surface area contributed by atoms with E-state index in [9.17, 15) is 9.90 Å². The fourth-order valence-corrected chi connectivity index (χ4v) is 1.63. The lowest BCUT2D eigenvalue weighted by Gasteiger charge is -2.03. The molecule has 0 heterocycles. The Morgan fingerprint density at radius 1 is 1.21 bits per heavy atom. The average Bonchev–Trinajstić information content (AvgIpc) is 2.42. The number of benzene rings is 2. The minimum absolute atomic E-state index is 0.0812. The first-order chi connectivity index (χ1) is 9.16. The molecule has 0 saturated heterocycles. The molecule has 2 aromatic carbocycles. The van der Waals surface area contributed by atoms with Gasteiger partial charge in [-0.05, 0) is 23.8 Å². The van der Waals surface area contributed by atoms with Gasteiger partial charge in [0.05, 0.1) is 11.8 Å². The van der Waals surface area contributed by atoms with Crippen LogP contribution in [0.15, 0.2) is 53.6 Å². The van der Waals surface area contributed by atoms with Gasteiger partial charge >= 0.3 is 0 Å². The number of hydrogen-bond acceptors (Lipinski definition) is 3. The van der Waals surface area contributed by atoms with Crippen LogP contribution in [0.2, 0.25) is 5.02 Å². The lowest BCUT2D eigenvalue weighted by Crippen LogP contribution is -2.17. The van der Waals surface area contributed by atoms with E-state index < -0.39 is 5.91 Å². The van der Waals surface area contributed by atoms with Crippen LogP contribution in [0.5, 0.6) is 5.75 Å². The molecule has 19 heavy (non-hydrogen) atoms. The largest absolute Gasteiger partial charge is 0.507 e. The highest BCUT2D eigenvalue weighted by Gasteiger charge is 2.10. The van der Waals surface area contributed by atoms with Crippen molar-refractivity contribution in [2.24, 2.45) is 5.10 Å². The number of carbonyl (C=O) groups excluding carboxylic acids is 1. The molecular formula is C14H11ClN2O2. The van der Waals surface area contributed by atoms with E-state index in [1.165, 1.54) is 24.4 Å². The van der Waals surface area contributed by atoms with Gasteiger partial charge in [-0.25, -0.2) is 5.43 Å². The maximum atomic E-state index is 11.8. The zero-order valence-electron chi connectivity index (χ0n) is 9.88. The van der Waals surface area contributed by atoms with E-state index in [1.54, 1.807) is 0 Å². The van der Waals surface area contributed by atoms with Crippen LogP contribution in [0, 0.1) is 0 Å². The lowest BCUT2D eigenvalue weighted by molar-refractivity contribution is 0.0952. The van der Waals surface area contributed by atoms with Crippen molar-refractivity contribution < 1.29 is 9.90 Å². The molecule has 2 aromatic rings. The summed E-state index contributed by atoms with van der Waals surface area (Å²) in [7, 11) is 0. The molecule has 0 atom stereocenters. The average molecular weight is 275 g/mol. The Morgan fingerprint density at radius 2 is 1.95 bits per heavy atom. The summed E-state index contributed by atoms with van der Waals surface area (Å²) >= 11 is 5.76. The number of aromatic hydroxyl groups is 1. The van der Waals surface area contributed by atoms with Gasteiger partial charge in [0.1, 0.15) is 5.75 Å². The van der Waals surface area contributed by atoms with E-state index >= 15 is 0 Å². The molecule has 2 rings (SSSR count). The zero-order chi connectivity index (χ0) is 13.7. The van der Waals surface area contributed by atoms with Gasteiger partial charge in [-0.2, -0.15) is 5.10 Å². The Hall–Kier alpha value is -2.33. The van der Waals surface area contributed by atoms with Crippen molar-refractivity contribution in [3.63, 3.8) is 0 Å². The lowest BCUT2D eigenvalue weighted by atomic mass is 10.2. The first-order valence-corrected chi connectivity index (χ1v) is 5.91. The predicted octanol–water partition coefficient (Wildman–Crippen LogP) is 2.81. The molecule has 96 valence electrons. The van der Waals surface area contributed by atoms with Gasteiger partial charge in [-0.1, -0.05) is 41.9 Å². The first kappa shape index (κ1) is 13.1. The standard InChI is InChI=1S/C14H11ClN2O2/c15-11-6-7-13(18)12(8-11)14(19)17-16-9-10-4-2-1-3-5-10/h1-9,18H,(H,17,19). The number of nitrogens with one attached hydrogen (secondary N) is 1. The molecule has 0 spiro atoms. The Balaban J connectivity index is 2.06. The Kier molecular flexibility index (Phi) is 4.15. The highest BCUT2D eigenvalue weighted by molar-refractivity contribution is 6.31. The molecule has 4 nitrogen and oxygen atoms in total. The van der Waals surface area contributed by atoms with Crippen molar-refractivity contribution in [2.45, 2.75) is 0 Å².